The molecule has 3 aromatic rings. The molecule has 0 saturated carbocycles. The Morgan fingerprint density at radius 1 is 1.22 bits per heavy atom. The van der Waals surface area contributed by atoms with E-state index >= 15 is 0 Å². The Morgan fingerprint density at radius 3 is 2.78 bits per heavy atom. The number of hydrogen-bond acceptors (Lipinski definition) is 2. The van der Waals surface area contributed by atoms with Crippen LogP contribution in [0.4, 0.5) is 0 Å². The van der Waals surface area contributed by atoms with Crippen LogP contribution >= 0.6 is 0 Å². The summed E-state index contributed by atoms with van der Waals surface area (Å²) in [7, 11) is 2.12. The molecule has 2 aromatic heterocycles. The topological polar surface area (TPSA) is 47.7 Å². The van der Waals surface area contributed by atoms with Gasteiger partial charge < -0.3 is 9.88 Å². The van der Waals surface area contributed by atoms with E-state index in [4.69, 9.17) is 0 Å². The van der Waals surface area contributed by atoms with Crippen LogP contribution in [0, 0.1) is 0 Å². The van der Waals surface area contributed by atoms with Crippen LogP contribution in [0.1, 0.15) is 29.7 Å². The Kier molecular flexibility index (Phi) is 3.30. The van der Waals surface area contributed by atoms with Gasteiger partial charge in [0.25, 0.3) is 0 Å². The van der Waals surface area contributed by atoms with Crippen molar-refractivity contribution >= 4 is 5.57 Å². The summed E-state index contributed by atoms with van der Waals surface area (Å²) < 4.78 is 0. The van der Waals surface area contributed by atoms with Crippen molar-refractivity contribution in [1.29, 1.82) is 0 Å². The fourth-order valence-electron chi connectivity index (χ4n) is 3.30. The number of allylic oxidation sites excluding steroid dienone is 1. The highest BCUT2D eigenvalue weighted by Crippen LogP contribution is 2.38. The largest absolute Gasteiger partial charge is 0.374 e. The first-order valence-corrected chi connectivity index (χ1v) is 7.90. The van der Waals surface area contributed by atoms with Crippen LogP contribution in [0.5, 0.6) is 0 Å². The number of rotatable bonds is 3. The van der Waals surface area contributed by atoms with E-state index in [-0.39, 0.29) is 0 Å². The first-order chi connectivity index (χ1) is 11.2. The van der Waals surface area contributed by atoms with E-state index in [0.29, 0.717) is 5.92 Å². The van der Waals surface area contributed by atoms with Gasteiger partial charge in [0.05, 0.1) is 12.7 Å². The molecule has 0 amide bonds. The summed E-state index contributed by atoms with van der Waals surface area (Å²) >= 11 is 0. The minimum Gasteiger partial charge on any atom is -0.374 e. The lowest BCUT2D eigenvalue weighted by Crippen LogP contribution is -2.18. The molecule has 0 fully saturated rings. The Labute approximate surface area is 135 Å². The molecule has 1 atom stereocenters. The number of nitrogens with one attached hydrogen (secondary N) is 2. The summed E-state index contributed by atoms with van der Waals surface area (Å²) in [6, 6.07) is 12.9. The lowest BCUT2D eigenvalue weighted by Gasteiger charge is -2.26. The van der Waals surface area contributed by atoms with E-state index in [2.05, 4.69) is 76.7 Å². The number of H-pyrrole nitrogens is 2. The van der Waals surface area contributed by atoms with Gasteiger partial charge >= 0.3 is 0 Å². The molecule has 2 N–H and O–H groups in total. The molecule has 3 heterocycles. The van der Waals surface area contributed by atoms with Crippen LogP contribution in [-0.2, 0) is 6.54 Å². The summed E-state index contributed by atoms with van der Waals surface area (Å²) in [5.74, 6) is 0.352. The minimum absolute atomic E-state index is 0.352. The van der Waals surface area contributed by atoms with Crippen LogP contribution < -0.4 is 0 Å². The van der Waals surface area contributed by atoms with Crippen LogP contribution in [0.3, 0.4) is 0 Å². The molecule has 4 nitrogen and oxygen atoms in total. The van der Waals surface area contributed by atoms with Gasteiger partial charge in [-0.2, -0.15) is 5.10 Å². The first kappa shape index (κ1) is 13.9. The Hall–Kier alpha value is -2.75. The lowest BCUT2D eigenvalue weighted by molar-refractivity contribution is 0.437. The summed E-state index contributed by atoms with van der Waals surface area (Å²) in [6.07, 6.45) is 6.04. The molecule has 0 spiro atoms. The van der Waals surface area contributed by atoms with Crippen molar-refractivity contribution in [1.82, 2.24) is 20.1 Å². The van der Waals surface area contributed by atoms with Crippen LogP contribution in [0.15, 0.2) is 55.0 Å². The third kappa shape index (κ3) is 2.46. The van der Waals surface area contributed by atoms with Crippen LogP contribution in [0.25, 0.3) is 16.8 Å². The number of aromatic amines is 2. The van der Waals surface area contributed by atoms with Gasteiger partial charge in [-0.1, -0.05) is 37.3 Å². The average molecular weight is 304 g/mol. The van der Waals surface area contributed by atoms with Crippen molar-refractivity contribution in [2.45, 2.75) is 19.4 Å². The number of hydrogen-bond donors (Lipinski definition) is 2. The van der Waals surface area contributed by atoms with Gasteiger partial charge in [0, 0.05) is 47.9 Å². The normalized spacial score (nSPS) is 15.2. The van der Waals surface area contributed by atoms with Gasteiger partial charge in [-0.15, -0.1) is 0 Å². The molecule has 0 radical (unpaired) electrons. The molecule has 1 aromatic carbocycles. The molecule has 116 valence electrons. The van der Waals surface area contributed by atoms with Crippen molar-refractivity contribution in [3.63, 3.8) is 0 Å². The van der Waals surface area contributed by atoms with Gasteiger partial charge in [-0.05, 0) is 17.2 Å². The predicted molar refractivity (Wildman–Crippen MR) is 92.7 cm³/mol. The molecule has 0 bridgehead atoms. The van der Waals surface area contributed by atoms with E-state index < -0.39 is 0 Å². The number of aromatic nitrogens is 3. The van der Waals surface area contributed by atoms with Crippen LogP contribution in [0.2, 0.25) is 0 Å². The monoisotopic (exact) mass is 304 g/mol. The molecule has 23 heavy (non-hydrogen) atoms. The summed E-state index contributed by atoms with van der Waals surface area (Å²) in [6.45, 7) is 3.17. The summed E-state index contributed by atoms with van der Waals surface area (Å²) in [5.41, 5.74) is 7.48. The average Bonchev–Trinajstić information content (AvgIpc) is 3.23. The van der Waals surface area contributed by atoms with Gasteiger partial charge in [-0.3, -0.25) is 5.10 Å². The zero-order valence-corrected chi connectivity index (χ0v) is 13.4. The van der Waals surface area contributed by atoms with Gasteiger partial charge in [0.15, 0.2) is 0 Å². The second kappa shape index (κ2) is 5.47. The van der Waals surface area contributed by atoms with E-state index in [9.17, 15) is 0 Å². The minimum atomic E-state index is 0.352. The quantitative estimate of drug-likeness (QED) is 0.768. The SMILES string of the molecule is CC(C1=CN(C)Cc2[nH]c(-c3cn[nH]c3)cc21)c1ccccc1. The summed E-state index contributed by atoms with van der Waals surface area (Å²) in [4.78, 5) is 5.80. The van der Waals surface area contributed by atoms with E-state index in [0.717, 1.165) is 17.8 Å². The highest BCUT2D eigenvalue weighted by atomic mass is 15.1. The number of nitrogens with zero attached hydrogens (tertiary/aromatic N) is 2. The molecule has 1 aliphatic heterocycles. The third-order valence-electron chi connectivity index (χ3n) is 4.55. The van der Waals surface area contributed by atoms with Gasteiger partial charge in [0.1, 0.15) is 0 Å². The predicted octanol–water partition coefficient (Wildman–Crippen LogP) is 3.99. The second-order valence-electron chi connectivity index (χ2n) is 6.19. The maximum absolute atomic E-state index is 4.05. The lowest BCUT2D eigenvalue weighted by atomic mass is 9.87. The van der Waals surface area contributed by atoms with Crippen LogP contribution in [-0.4, -0.2) is 27.1 Å². The van der Waals surface area contributed by atoms with Crippen molar-refractivity contribution in [3.8, 4) is 11.3 Å². The second-order valence-corrected chi connectivity index (χ2v) is 6.19. The molecule has 0 aliphatic carbocycles. The third-order valence-corrected chi connectivity index (χ3v) is 4.55. The molecule has 1 unspecified atom stereocenters. The van der Waals surface area contributed by atoms with Gasteiger partial charge in [-0.25, -0.2) is 0 Å². The Bertz CT molecular complexity index is 828. The first-order valence-electron chi connectivity index (χ1n) is 7.90. The van der Waals surface area contributed by atoms with Crippen molar-refractivity contribution < 1.29 is 0 Å². The molecule has 0 saturated heterocycles. The number of benzene rings is 1. The molecular formula is C19H20N4. The maximum Gasteiger partial charge on any atom is 0.0580 e. The fourth-order valence-corrected chi connectivity index (χ4v) is 3.30. The van der Waals surface area contributed by atoms with Crippen molar-refractivity contribution in [3.05, 3.63) is 71.8 Å². The highest BCUT2D eigenvalue weighted by molar-refractivity contribution is 5.77. The smallest absolute Gasteiger partial charge is 0.0580 e. The number of fused-ring (bicyclic) bond motifs is 1. The Balaban J connectivity index is 1.77. The van der Waals surface area contributed by atoms with E-state index in [1.807, 2.05) is 12.4 Å². The zero-order valence-electron chi connectivity index (χ0n) is 13.4. The van der Waals surface area contributed by atoms with E-state index in [1.165, 1.54) is 22.4 Å². The van der Waals surface area contributed by atoms with Gasteiger partial charge in [0.2, 0.25) is 0 Å². The fraction of sp³-hybridized carbons (Fsp3) is 0.211. The molecule has 1 aliphatic rings. The molecule has 4 rings (SSSR count). The van der Waals surface area contributed by atoms with Crippen molar-refractivity contribution in [2.24, 2.45) is 0 Å². The molecular weight excluding hydrogens is 284 g/mol. The maximum atomic E-state index is 4.05. The Morgan fingerprint density at radius 2 is 2.04 bits per heavy atom. The molecule has 4 heteroatoms. The standard InChI is InChI=1S/C19H20N4/c1-13(14-6-4-3-5-7-14)17-11-23(2)12-19-16(17)8-18(22-19)15-9-20-21-10-15/h3-11,13,22H,12H2,1-2H3,(H,20,21). The zero-order chi connectivity index (χ0) is 15.8. The van der Waals surface area contributed by atoms with E-state index in [1.54, 1.807) is 0 Å². The summed E-state index contributed by atoms with van der Waals surface area (Å²) in [5, 5.41) is 6.93. The highest BCUT2D eigenvalue weighted by Gasteiger charge is 2.23. The van der Waals surface area contributed by atoms with Crippen molar-refractivity contribution in [2.75, 3.05) is 7.05 Å².